The van der Waals surface area contributed by atoms with Crippen molar-refractivity contribution in [2.75, 3.05) is 26.9 Å². The molecule has 0 bridgehead atoms. The molecule has 17 heavy (non-hydrogen) atoms. The Morgan fingerprint density at radius 3 is 2.82 bits per heavy atom. The monoisotopic (exact) mass is 280 g/mol. The van der Waals surface area contributed by atoms with Crippen molar-refractivity contribution in [3.63, 3.8) is 0 Å². The predicted octanol–water partition coefficient (Wildman–Crippen LogP) is 1.60. The zero-order valence-corrected chi connectivity index (χ0v) is 11.0. The Balaban J connectivity index is 2.37. The average Bonchev–Trinajstić information content (AvgIpc) is 2.33. The molecule has 0 unspecified atom stereocenters. The minimum Gasteiger partial charge on any atom is -0.382 e. The van der Waals surface area contributed by atoms with Crippen LogP contribution in [0, 0.1) is 0 Å². The van der Waals surface area contributed by atoms with E-state index in [9.17, 15) is 4.79 Å². The average molecular weight is 281 g/mol. The fraction of sp³-hybridized carbons (Fsp3) is 0.600. The van der Waals surface area contributed by atoms with Gasteiger partial charge in [-0.1, -0.05) is 23.2 Å². The van der Waals surface area contributed by atoms with E-state index in [1.165, 1.54) is 10.9 Å². The van der Waals surface area contributed by atoms with Gasteiger partial charge in [0.2, 0.25) is 0 Å². The number of aryl methyl sites for hydroxylation is 1. The summed E-state index contributed by atoms with van der Waals surface area (Å²) in [6, 6.07) is 0. The van der Waals surface area contributed by atoms with Crippen LogP contribution in [0.25, 0.3) is 0 Å². The lowest BCUT2D eigenvalue weighted by molar-refractivity contribution is 0.0679. The van der Waals surface area contributed by atoms with Crippen molar-refractivity contribution >= 4 is 23.2 Å². The van der Waals surface area contributed by atoms with Crippen LogP contribution in [0.3, 0.4) is 0 Å². The first kappa shape index (κ1) is 14.4. The Hall–Kier alpha value is -0.620. The molecule has 7 heteroatoms. The van der Waals surface area contributed by atoms with Gasteiger partial charge in [0.05, 0.1) is 19.5 Å². The molecule has 1 rings (SSSR count). The van der Waals surface area contributed by atoms with Crippen LogP contribution < -0.4 is 5.56 Å². The van der Waals surface area contributed by atoms with Crippen LogP contribution in [0.5, 0.6) is 0 Å². The minimum atomic E-state index is -0.330. The normalized spacial score (nSPS) is 10.8. The predicted molar refractivity (Wildman–Crippen MR) is 65.8 cm³/mol. The number of methoxy groups -OCH3 is 1. The summed E-state index contributed by atoms with van der Waals surface area (Å²) in [6.45, 7) is 2.16. The Morgan fingerprint density at radius 2 is 2.12 bits per heavy atom. The molecule has 0 aliphatic carbocycles. The van der Waals surface area contributed by atoms with E-state index in [1.807, 2.05) is 0 Å². The standard InChI is InChI=1S/C10H14Cl2N2O3/c1-16-5-6-17-4-2-3-14-7-13-9(12)8(11)10(14)15/h7H,2-6H2,1H3. The Bertz CT molecular complexity index is 409. The highest BCUT2D eigenvalue weighted by molar-refractivity contribution is 6.40. The van der Waals surface area contributed by atoms with E-state index < -0.39 is 0 Å². The van der Waals surface area contributed by atoms with Gasteiger partial charge in [-0.25, -0.2) is 4.98 Å². The zero-order chi connectivity index (χ0) is 12.7. The first-order chi connectivity index (χ1) is 8.16. The quantitative estimate of drug-likeness (QED) is 0.562. The second-order valence-electron chi connectivity index (χ2n) is 3.31. The highest BCUT2D eigenvalue weighted by Crippen LogP contribution is 2.12. The molecule has 0 N–H and O–H groups in total. The summed E-state index contributed by atoms with van der Waals surface area (Å²) >= 11 is 11.3. The van der Waals surface area contributed by atoms with Crippen LogP contribution in [0.1, 0.15) is 6.42 Å². The minimum absolute atomic E-state index is 0.0317. The second kappa shape index (κ2) is 7.66. The molecule has 0 aromatic carbocycles. The van der Waals surface area contributed by atoms with E-state index in [-0.39, 0.29) is 15.7 Å². The summed E-state index contributed by atoms with van der Waals surface area (Å²) in [6.07, 6.45) is 2.08. The van der Waals surface area contributed by atoms with Crippen molar-refractivity contribution in [3.05, 3.63) is 26.9 Å². The highest BCUT2D eigenvalue weighted by Gasteiger charge is 2.06. The number of rotatable bonds is 7. The Kier molecular flexibility index (Phi) is 6.50. The molecule has 0 amide bonds. The van der Waals surface area contributed by atoms with Gasteiger partial charge in [0.1, 0.15) is 5.02 Å². The molecular weight excluding hydrogens is 267 g/mol. The van der Waals surface area contributed by atoms with Crippen molar-refractivity contribution in [2.24, 2.45) is 0 Å². The number of halogens is 2. The van der Waals surface area contributed by atoms with Gasteiger partial charge in [0.15, 0.2) is 5.15 Å². The maximum atomic E-state index is 11.6. The molecule has 0 saturated carbocycles. The van der Waals surface area contributed by atoms with Gasteiger partial charge in [-0.05, 0) is 6.42 Å². The van der Waals surface area contributed by atoms with E-state index in [1.54, 1.807) is 7.11 Å². The van der Waals surface area contributed by atoms with E-state index >= 15 is 0 Å². The molecule has 1 heterocycles. The van der Waals surface area contributed by atoms with Crippen molar-refractivity contribution in [1.82, 2.24) is 9.55 Å². The summed E-state index contributed by atoms with van der Waals surface area (Å²) in [5, 5.41) is -0.0151. The summed E-state index contributed by atoms with van der Waals surface area (Å²) in [5.41, 5.74) is -0.330. The van der Waals surface area contributed by atoms with Crippen molar-refractivity contribution < 1.29 is 9.47 Å². The van der Waals surface area contributed by atoms with Gasteiger partial charge in [-0.15, -0.1) is 0 Å². The van der Waals surface area contributed by atoms with Crippen LogP contribution in [-0.2, 0) is 16.0 Å². The fourth-order valence-corrected chi connectivity index (χ4v) is 1.47. The molecule has 96 valence electrons. The summed E-state index contributed by atoms with van der Waals surface area (Å²) in [5.74, 6) is 0. The fourth-order valence-electron chi connectivity index (χ4n) is 1.18. The van der Waals surface area contributed by atoms with Gasteiger partial charge in [-0.2, -0.15) is 0 Å². The third-order valence-electron chi connectivity index (χ3n) is 2.06. The molecule has 0 fully saturated rings. The van der Waals surface area contributed by atoms with Crippen LogP contribution in [0.4, 0.5) is 0 Å². The van der Waals surface area contributed by atoms with Crippen molar-refractivity contribution in [2.45, 2.75) is 13.0 Å². The smallest absolute Gasteiger partial charge is 0.273 e. The number of nitrogens with zero attached hydrogens (tertiary/aromatic N) is 2. The molecule has 1 aromatic rings. The molecule has 1 aromatic heterocycles. The first-order valence-corrected chi connectivity index (χ1v) is 5.89. The van der Waals surface area contributed by atoms with Gasteiger partial charge >= 0.3 is 0 Å². The molecule has 0 saturated heterocycles. The first-order valence-electron chi connectivity index (χ1n) is 5.14. The van der Waals surface area contributed by atoms with Crippen molar-refractivity contribution in [1.29, 1.82) is 0 Å². The lowest BCUT2D eigenvalue weighted by atomic mass is 10.4. The molecule has 0 atom stereocenters. The van der Waals surface area contributed by atoms with Crippen LogP contribution >= 0.6 is 23.2 Å². The lowest BCUT2D eigenvalue weighted by Gasteiger charge is -2.06. The highest BCUT2D eigenvalue weighted by atomic mass is 35.5. The Labute approximate surface area is 109 Å². The molecule has 0 aliphatic heterocycles. The van der Waals surface area contributed by atoms with Crippen LogP contribution in [-0.4, -0.2) is 36.5 Å². The van der Waals surface area contributed by atoms with Crippen LogP contribution in [0.15, 0.2) is 11.1 Å². The maximum absolute atomic E-state index is 11.6. The summed E-state index contributed by atoms with van der Waals surface area (Å²) in [4.78, 5) is 15.4. The Morgan fingerprint density at radius 1 is 1.35 bits per heavy atom. The number of hydrogen-bond acceptors (Lipinski definition) is 4. The third kappa shape index (κ3) is 4.63. The van der Waals surface area contributed by atoms with E-state index in [0.717, 1.165) is 0 Å². The zero-order valence-electron chi connectivity index (χ0n) is 9.49. The maximum Gasteiger partial charge on any atom is 0.273 e. The van der Waals surface area contributed by atoms with Crippen LogP contribution in [0.2, 0.25) is 10.2 Å². The topological polar surface area (TPSA) is 53.4 Å². The molecule has 0 aliphatic rings. The SMILES string of the molecule is COCCOCCCn1cnc(Cl)c(Cl)c1=O. The molecule has 0 spiro atoms. The number of hydrogen-bond donors (Lipinski definition) is 0. The molecular formula is C10H14Cl2N2O3. The van der Waals surface area contributed by atoms with Gasteiger partial charge in [-0.3, -0.25) is 9.36 Å². The van der Waals surface area contributed by atoms with E-state index in [2.05, 4.69) is 4.98 Å². The van der Waals surface area contributed by atoms with Gasteiger partial charge < -0.3 is 9.47 Å². The summed E-state index contributed by atoms with van der Waals surface area (Å²) in [7, 11) is 1.62. The number of aromatic nitrogens is 2. The second-order valence-corrected chi connectivity index (χ2v) is 4.04. The third-order valence-corrected chi connectivity index (χ3v) is 2.78. The lowest BCUT2D eigenvalue weighted by Crippen LogP contribution is -2.22. The van der Waals surface area contributed by atoms with Crippen molar-refractivity contribution in [3.8, 4) is 0 Å². The van der Waals surface area contributed by atoms with E-state index in [0.29, 0.717) is 32.8 Å². The summed E-state index contributed by atoms with van der Waals surface area (Å²) < 4.78 is 11.5. The molecule has 5 nitrogen and oxygen atoms in total. The van der Waals surface area contributed by atoms with E-state index in [4.69, 9.17) is 32.7 Å². The van der Waals surface area contributed by atoms with Gasteiger partial charge in [0.25, 0.3) is 5.56 Å². The molecule has 0 radical (unpaired) electrons. The largest absolute Gasteiger partial charge is 0.382 e. The number of ether oxygens (including phenoxy) is 2. The van der Waals surface area contributed by atoms with Gasteiger partial charge in [0, 0.05) is 20.3 Å².